The summed E-state index contributed by atoms with van der Waals surface area (Å²) >= 11 is 2.11. The van der Waals surface area contributed by atoms with Crippen LogP contribution in [0.3, 0.4) is 0 Å². The molecule has 1 aliphatic rings. The van der Waals surface area contributed by atoms with E-state index in [2.05, 4.69) is 39.4 Å². The van der Waals surface area contributed by atoms with Gasteiger partial charge in [0.15, 0.2) is 0 Å². The highest BCUT2D eigenvalue weighted by molar-refractivity contribution is 14.2. The largest absolute Gasteiger partial charge is 0.493 e. The fourth-order valence-electron chi connectivity index (χ4n) is 1.60. The molecule has 0 fully saturated rings. The standard InChI is InChI=1S/C13H13IO2S.C2H6/c14-17-16-13-8-4-7-12(9-13)15-10-11-5-2-1-3-6-11;1-2/h1-3,5-6,8-9H,4,7,10H2;1-2H3. The fourth-order valence-corrected chi connectivity index (χ4v) is 2.42. The van der Waals surface area contributed by atoms with Crippen molar-refractivity contribution in [1.29, 1.82) is 0 Å². The Morgan fingerprint density at radius 3 is 2.63 bits per heavy atom. The molecule has 4 heteroatoms. The fraction of sp³-hybridized carbons (Fsp3) is 0.333. The van der Waals surface area contributed by atoms with Crippen LogP contribution in [0.2, 0.25) is 0 Å². The monoisotopic (exact) mass is 390 g/mol. The van der Waals surface area contributed by atoms with E-state index in [-0.39, 0.29) is 0 Å². The Kier molecular flexibility index (Phi) is 8.82. The van der Waals surface area contributed by atoms with Crippen molar-refractivity contribution in [3.05, 3.63) is 59.6 Å². The van der Waals surface area contributed by atoms with Crippen molar-refractivity contribution < 1.29 is 8.92 Å². The molecule has 19 heavy (non-hydrogen) atoms. The molecule has 1 aliphatic carbocycles. The molecule has 0 bridgehead atoms. The quantitative estimate of drug-likeness (QED) is 0.467. The van der Waals surface area contributed by atoms with Gasteiger partial charge in [-0.3, -0.25) is 0 Å². The first kappa shape index (κ1) is 16.4. The lowest BCUT2D eigenvalue weighted by molar-refractivity contribution is 0.186. The zero-order chi connectivity index (χ0) is 13.9. The van der Waals surface area contributed by atoms with Crippen LogP contribution in [-0.2, 0) is 15.5 Å². The molecule has 0 heterocycles. The summed E-state index contributed by atoms with van der Waals surface area (Å²) in [6.45, 7) is 4.62. The van der Waals surface area contributed by atoms with Gasteiger partial charge in [0.1, 0.15) is 27.3 Å². The van der Waals surface area contributed by atoms with Gasteiger partial charge in [-0.2, -0.15) is 0 Å². The molecule has 1 aromatic rings. The second-order valence-electron chi connectivity index (χ2n) is 3.68. The van der Waals surface area contributed by atoms with Gasteiger partial charge in [0.25, 0.3) is 0 Å². The van der Waals surface area contributed by atoms with E-state index in [4.69, 9.17) is 8.92 Å². The average Bonchev–Trinajstić information content (AvgIpc) is 2.49. The van der Waals surface area contributed by atoms with E-state index < -0.39 is 0 Å². The maximum atomic E-state index is 5.77. The lowest BCUT2D eigenvalue weighted by Gasteiger charge is -2.14. The Morgan fingerprint density at radius 1 is 1.21 bits per heavy atom. The first-order chi connectivity index (χ1) is 9.38. The Hall–Kier alpha value is -0.620. The first-order valence-electron chi connectivity index (χ1n) is 6.41. The van der Waals surface area contributed by atoms with Crippen molar-refractivity contribution in [2.45, 2.75) is 33.3 Å². The lowest BCUT2D eigenvalue weighted by atomic mass is 10.1. The van der Waals surface area contributed by atoms with Crippen molar-refractivity contribution in [1.82, 2.24) is 0 Å². The summed E-state index contributed by atoms with van der Waals surface area (Å²) in [7, 11) is 1.33. The summed E-state index contributed by atoms with van der Waals surface area (Å²) in [5, 5.41) is 0. The molecule has 0 radical (unpaired) electrons. The molecule has 0 N–H and O–H groups in total. The van der Waals surface area contributed by atoms with Gasteiger partial charge in [0, 0.05) is 33.7 Å². The number of allylic oxidation sites excluding steroid dienone is 3. The summed E-state index contributed by atoms with van der Waals surface area (Å²) in [6.07, 6.45) is 5.98. The Labute approximate surface area is 132 Å². The minimum absolute atomic E-state index is 0.622. The van der Waals surface area contributed by atoms with E-state index in [0.29, 0.717) is 6.61 Å². The number of hydrogen-bond acceptors (Lipinski definition) is 3. The normalized spacial score (nSPS) is 13.6. The third-order valence-electron chi connectivity index (χ3n) is 2.43. The van der Waals surface area contributed by atoms with Crippen LogP contribution in [0.4, 0.5) is 0 Å². The smallest absolute Gasteiger partial charge is 0.137 e. The predicted molar refractivity (Wildman–Crippen MR) is 90.7 cm³/mol. The van der Waals surface area contributed by atoms with Gasteiger partial charge in [-0.1, -0.05) is 44.2 Å². The first-order valence-corrected chi connectivity index (χ1v) is 9.69. The van der Waals surface area contributed by atoms with Gasteiger partial charge in [-0.15, -0.1) is 0 Å². The van der Waals surface area contributed by atoms with Crippen LogP contribution < -0.4 is 0 Å². The zero-order valence-electron chi connectivity index (χ0n) is 11.3. The summed E-state index contributed by atoms with van der Waals surface area (Å²) in [5.74, 6) is 1.88. The van der Waals surface area contributed by atoms with Gasteiger partial charge < -0.3 is 8.92 Å². The maximum Gasteiger partial charge on any atom is 0.137 e. The van der Waals surface area contributed by atoms with Crippen LogP contribution in [-0.4, -0.2) is 0 Å². The molecule has 0 spiro atoms. The van der Waals surface area contributed by atoms with Crippen molar-refractivity contribution >= 4 is 30.4 Å². The minimum Gasteiger partial charge on any atom is -0.493 e. The SMILES string of the molecule is CC.ISOC1=CCCC(OCc2ccccc2)=C1. The predicted octanol–water partition coefficient (Wildman–Crippen LogP) is 5.81. The van der Waals surface area contributed by atoms with Crippen molar-refractivity contribution in [3.63, 3.8) is 0 Å². The van der Waals surface area contributed by atoms with Gasteiger partial charge in [0.05, 0.1) is 0 Å². The highest BCUT2D eigenvalue weighted by Gasteiger charge is 2.08. The Balaban J connectivity index is 0.000000861. The van der Waals surface area contributed by atoms with Crippen LogP contribution in [0.5, 0.6) is 0 Å². The molecule has 0 atom stereocenters. The molecule has 1 aromatic carbocycles. The highest BCUT2D eigenvalue weighted by atomic mass is 127. The van der Waals surface area contributed by atoms with E-state index in [0.717, 1.165) is 24.4 Å². The summed E-state index contributed by atoms with van der Waals surface area (Å²) in [6, 6.07) is 10.2. The van der Waals surface area contributed by atoms with E-state index in [9.17, 15) is 0 Å². The van der Waals surface area contributed by atoms with Crippen LogP contribution >= 0.6 is 30.4 Å². The molecule has 2 nitrogen and oxygen atoms in total. The molecule has 104 valence electrons. The molecular weight excluding hydrogens is 371 g/mol. The highest BCUT2D eigenvalue weighted by Crippen LogP contribution is 2.25. The van der Waals surface area contributed by atoms with Gasteiger partial charge in [0.2, 0.25) is 0 Å². The molecule has 0 unspecified atom stereocenters. The molecule has 0 saturated heterocycles. The van der Waals surface area contributed by atoms with Crippen LogP contribution in [0.25, 0.3) is 0 Å². The molecule has 0 saturated carbocycles. The minimum atomic E-state index is 0.622. The second kappa shape index (κ2) is 10.2. The lowest BCUT2D eigenvalue weighted by Crippen LogP contribution is -1.98. The van der Waals surface area contributed by atoms with Crippen LogP contribution in [0, 0.1) is 0 Å². The number of ether oxygens (including phenoxy) is 1. The molecule has 0 aliphatic heterocycles. The van der Waals surface area contributed by atoms with Crippen molar-refractivity contribution in [2.75, 3.05) is 0 Å². The van der Waals surface area contributed by atoms with Crippen molar-refractivity contribution in [2.24, 2.45) is 0 Å². The van der Waals surface area contributed by atoms with Gasteiger partial charge >= 0.3 is 0 Å². The molecular formula is C15H19IO2S. The second-order valence-corrected chi connectivity index (χ2v) is 5.05. The van der Waals surface area contributed by atoms with E-state index in [1.165, 1.54) is 14.8 Å². The Morgan fingerprint density at radius 2 is 1.95 bits per heavy atom. The molecule has 0 amide bonds. The summed E-state index contributed by atoms with van der Waals surface area (Å²) in [5.41, 5.74) is 1.19. The van der Waals surface area contributed by atoms with Crippen molar-refractivity contribution in [3.8, 4) is 0 Å². The van der Waals surface area contributed by atoms with Gasteiger partial charge in [-0.25, -0.2) is 0 Å². The van der Waals surface area contributed by atoms with E-state index in [1.54, 1.807) is 0 Å². The molecule has 0 aromatic heterocycles. The Bertz CT molecular complexity index is 415. The zero-order valence-corrected chi connectivity index (χ0v) is 14.2. The number of hydrogen-bond donors (Lipinski definition) is 0. The number of halogens is 1. The third kappa shape index (κ3) is 6.38. The maximum absolute atomic E-state index is 5.77. The van der Waals surface area contributed by atoms with Gasteiger partial charge in [-0.05, 0) is 18.1 Å². The summed E-state index contributed by atoms with van der Waals surface area (Å²) < 4.78 is 11.1. The molecule has 2 rings (SSSR count). The summed E-state index contributed by atoms with van der Waals surface area (Å²) in [4.78, 5) is 0. The number of benzene rings is 1. The third-order valence-corrected chi connectivity index (χ3v) is 3.23. The van der Waals surface area contributed by atoms with Crippen LogP contribution in [0.1, 0.15) is 32.3 Å². The number of rotatable bonds is 5. The average molecular weight is 390 g/mol. The van der Waals surface area contributed by atoms with E-state index in [1.807, 2.05) is 38.1 Å². The van der Waals surface area contributed by atoms with Crippen LogP contribution in [0.15, 0.2) is 54.0 Å². The van der Waals surface area contributed by atoms with E-state index >= 15 is 0 Å². The topological polar surface area (TPSA) is 18.5 Å².